The maximum atomic E-state index is 13.1. The van der Waals surface area contributed by atoms with Crippen molar-refractivity contribution in [2.75, 3.05) is 18.5 Å². The molecule has 2 aromatic rings. The number of carbonyl (C=O) groups is 2. The van der Waals surface area contributed by atoms with E-state index in [2.05, 4.69) is 10.3 Å². The van der Waals surface area contributed by atoms with E-state index in [0.717, 1.165) is 25.1 Å². The van der Waals surface area contributed by atoms with Crippen molar-refractivity contribution in [2.45, 2.75) is 30.6 Å². The van der Waals surface area contributed by atoms with Crippen LogP contribution < -0.4 is 5.32 Å². The first kappa shape index (κ1) is 20.9. The number of ether oxygens (including phenoxy) is 1. The summed E-state index contributed by atoms with van der Waals surface area (Å²) >= 11 is 7.22. The number of rotatable bonds is 6. The average Bonchev–Trinajstić information content (AvgIpc) is 3.35. The van der Waals surface area contributed by atoms with Crippen molar-refractivity contribution >= 4 is 51.7 Å². The van der Waals surface area contributed by atoms with Gasteiger partial charge in [0, 0.05) is 23.7 Å². The first-order chi connectivity index (χ1) is 14.6. The zero-order chi connectivity index (χ0) is 20.9. The number of benzene rings is 2. The second-order valence-electron chi connectivity index (χ2n) is 7.18. The summed E-state index contributed by atoms with van der Waals surface area (Å²) in [5.41, 5.74) is 1.42. The Morgan fingerprint density at radius 3 is 2.67 bits per heavy atom. The number of thioether (sulfide) groups is 1. The van der Waals surface area contributed by atoms with E-state index in [1.807, 2.05) is 30.3 Å². The third-order valence-electron chi connectivity index (χ3n) is 4.91. The summed E-state index contributed by atoms with van der Waals surface area (Å²) in [5, 5.41) is 3.52. The first-order valence-electron chi connectivity index (χ1n) is 9.87. The Hall–Kier alpha value is -2.35. The van der Waals surface area contributed by atoms with Crippen molar-refractivity contribution in [1.82, 2.24) is 4.90 Å². The van der Waals surface area contributed by atoms with Gasteiger partial charge in [-0.1, -0.05) is 41.6 Å². The third-order valence-corrected chi connectivity index (χ3v) is 6.34. The van der Waals surface area contributed by atoms with Crippen LogP contribution in [0, 0.1) is 0 Å². The SMILES string of the molecule is O=C(C[C@H]1SC(=Nc2ccccc2)N(C[C@@H]2CCCO2)C1=O)Nc1ccc(Cl)cc1. The number of hydrogen-bond donors (Lipinski definition) is 1. The number of carbonyl (C=O) groups excluding carboxylic acids is 2. The molecule has 156 valence electrons. The Bertz CT molecular complexity index is 930. The number of amidine groups is 1. The number of hydrogen-bond acceptors (Lipinski definition) is 5. The highest BCUT2D eigenvalue weighted by Gasteiger charge is 2.40. The predicted octanol–water partition coefficient (Wildman–Crippen LogP) is 4.48. The van der Waals surface area contributed by atoms with Crippen molar-refractivity contribution in [2.24, 2.45) is 4.99 Å². The Morgan fingerprint density at radius 1 is 1.20 bits per heavy atom. The van der Waals surface area contributed by atoms with Crippen molar-refractivity contribution in [3.8, 4) is 0 Å². The third kappa shape index (κ3) is 5.22. The van der Waals surface area contributed by atoms with E-state index >= 15 is 0 Å². The van der Waals surface area contributed by atoms with Crippen LogP contribution in [0.25, 0.3) is 0 Å². The molecule has 0 radical (unpaired) electrons. The summed E-state index contributed by atoms with van der Waals surface area (Å²) in [5.74, 6) is -0.322. The molecule has 0 aromatic heterocycles. The van der Waals surface area contributed by atoms with E-state index in [1.54, 1.807) is 29.2 Å². The Balaban J connectivity index is 1.47. The second-order valence-corrected chi connectivity index (χ2v) is 8.79. The number of nitrogens with one attached hydrogen (secondary N) is 1. The van der Waals surface area contributed by atoms with E-state index in [4.69, 9.17) is 16.3 Å². The van der Waals surface area contributed by atoms with Crippen LogP contribution in [0.2, 0.25) is 5.02 Å². The number of aliphatic imine (C=N–C) groups is 1. The Kier molecular flexibility index (Phi) is 6.72. The predicted molar refractivity (Wildman–Crippen MR) is 120 cm³/mol. The number of para-hydroxylation sites is 1. The lowest BCUT2D eigenvalue weighted by Crippen LogP contribution is -2.38. The minimum atomic E-state index is -0.513. The van der Waals surface area contributed by atoms with Crippen molar-refractivity contribution in [1.29, 1.82) is 0 Å². The molecule has 30 heavy (non-hydrogen) atoms. The molecule has 1 N–H and O–H groups in total. The topological polar surface area (TPSA) is 71.0 Å². The van der Waals surface area contributed by atoms with Crippen molar-refractivity contribution < 1.29 is 14.3 Å². The second kappa shape index (κ2) is 9.64. The molecular formula is C22H22ClN3O3S. The molecule has 6 nitrogen and oxygen atoms in total. The molecule has 4 rings (SSSR count). The normalized spacial score (nSPS) is 22.6. The van der Waals surface area contributed by atoms with E-state index < -0.39 is 5.25 Å². The zero-order valence-corrected chi connectivity index (χ0v) is 17.9. The van der Waals surface area contributed by atoms with Crippen LogP contribution in [0.15, 0.2) is 59.6 Å². The number of anilines is 1. The molecule has 0 aliphatic carbocycles. The van der Waals surface area contributed by atoms with E-state index in [0.29, 0.717) is 22.4 Å². The lowest BCUT2D eigenvalue weighted by molar-refractivity contribution is -0.129. The van der Waals surface area contributed by atoms with Crippen LogP contribution >= 0.6 is 23.4 Å². The van der Waals surface area contributed by atoms with Crippen LogP contribution in [-0.4, -0.2) is 46.4 Å². The van der Waals surface area contributed by atoms with Gasteiger partial charge in [0.25, 0.3) is 0 Å². The lowest BCUT2D eigenvalue weighted by atomic mass is 10.2. The standard InChI is InChI=1S/C22H22ClN3O3S/c23-15-8-10-17(11-9-15)24-20(27)13-19-21(28)26(14-18-7-4-12-29-18)22(30-19)25-16-5-2-1-3-6-16/h1-3,5-6,8-11,18-19H,4,7,12-14H2,(H,24,27)/t18-,19+/m0/s1. The molecule has 2 heterocycles. The maximum absolute atomic E-state index is 13.1. The molecule has 2 fully saturated rings. The van der Waals surface area contributed by atoms with Gasteiger partial charge in [-0.3, -0.25) is 14.5 Å². The van der Waals surface area contributed by atoms with E-state index in [-0.39, 0.29) is 24.3 Å². The van der Waals surface area contributed by atoms with Gasteiger partial charge >= 0.3 is 0 Å². The molecule has 0 spiro atoms. The fourth-order valence-electron chi connectivity index (χ4n) is 3.41. The van der Waals surface area contributed by atoms with Gasteiger partial charge in [0.2, 0.25) is 11.8 Å². The summed E-state index contributed by atoms with van der Waals surface area (Å²) in [7, 11) is 0. The smallest absolute Gasteiger partial charge is 0.242 e. The van der Waals surface area contributed by atoms with Gasteiger partial charge < -0.3 is 10.1 Å². The van der Waals surface area contributed by atoms with Crippen LogP contribution in [-0.2, 0) is 14.3 Å². The van der Waals surface area contributed by atoms with Gasteiger partial charge in [-0.05, 0) is 49.2 Å². The van der Waals surface area contributed by atoms with Gasteiger partial charge in [0.1, 0.15) is 5.25 Å². The van der Waals surface area contributed by atoms with Gasteiger partial charge in [0.05, 0.1) is 18.3 Å². The first-order valence-corrected chi connectivity index (χ1v) is 11.1. The minimum absolute atomic E-state index is 0.0113. The van der Waals surface area contributed by atoms with Crippen molar-refractivity contribution in [3.05, 3.63) is 59.6 Å². The average molecular weight is 444 g/mol. The summed E-state index contributed by atoms with van der Waals surface area (Å²) < 4.78 is 5.72. The molecule has 0 bridgehead atoms. The molecule has 2 aliphatic rings. The molecule has 2 atom stereocenters. The van der Waals surface area contributed by atoms with Crippen molar-refractivity contribution in [3.63, 3.8) is 0 Å². The molecular weight excluding hydrogens is 422 g/mol. The molecule has 2 aliphatic heterocycles. The Labute approximate surface area is 184 Å². The van der Waals surface area contributed by atoms with Gasteiger partial charge in [0.15, 0.2) is 5.17 Å². The van der Waals surface area contributed by atoms with Gasteiger partial charge in [-0.2, -0.15) is 0 Å². The number of halogens is 1. The van der Waals surface area contributed by atoms with Crippen LogP contribution in [0.4, 0.5) is 11.4 Å². The highest BCUT2D eigenvalue weighted by Crippen LogP contribution is 2.33. The largest absolute Gasteiger partial charge is 0.376 e. The number of nitrogens with zero attached hydrogens (tertiary/aromatic N) is 2. The molecule has 0 saturated carbocycles. The molecule has 2 amide bonds. The summed E-state index contributed by atoms with van der Waals surface area (Å²) in [4.78, 5) is 32.0. The molecule has 2 aromatic carbocycles. The monoisotopic (exact) mass is 443 g/mol. The van der Waals surface area contributed by atoms with Gasteiger partial charge in [-0.25, -0.2) is 4.99 Å². The van der Waals surface area contributed by atoms with E-state index in [1.165, 1.54) is 11.8 Å². The highest BCUT2D eigenvalue weighted by molar-refractivity contribution is 8.15. The molecule has 8 heteroatoms. The summed E-state index contributed by atoms with van der Waals surface area (Å²) in [6.45, 7) is 1.19. The number of amides is 2. The van der Waals surface area contributed by atoms with E-state index in [9.17, 15) is 9.59 Å². The molecule has 0 unspecified atom stereocenters. The van der Waals surface area contributed by atoms with Crippen LogP contribution in [0.3, 0.4) is 0 Å². The summed E-state index contributed by atoms with van der Waals surface area (Å²) in [6, 6.07) is 16.4. The fraction of sp³-hybridized carbons (Fsp3) is 0.318. The Morgan fingerprint density at radius 2 is 1.97 bits per heavy atom. The van der Waals surface area contributed by atoms with Crippen LogP contribution in [0.1, 0.15) is 19.3 Å². The highest BCUT2D eigenvalue weighted by atomic mass is 35.5. The molecule has 2 saturated heterocycles. The fourth-order valence-corrected chi connectivity index (χ4v) is 4.70. The minimum Gasteiger partial charge on any atom is -0.376 e. The van der Waals surface area contributed by atoms with Crippen LogP contribution in [0.5, 0.6) is 0 Å². The summed E-state index contributed by atoms with van der Waals surface area (Å²) in [6.07, 6.45) is 2.01. The van der Waals surface area contributed by atoms with Gasteiger partial charge in [-0.15, -0.1) is 0 Å². The lowest BCUT2D eigenvalue weighted by Gasteiger charge is -2.20. The quantitative estimate of drug-likeness (QED) is 0.714. The maximum Gasteiger partial charge on any atom is 0.242 e. The zero-order valence-electron chi connectivity index (χ0n) is 16.3.